The van der Waals surface area contributed by atoms with E-state index in [0.717, 1.165) is 17.4 Å². The first-order valence-corrected chi connectivity index (χ1v) is 11.1. The van der Waals surface area contributed by atoms with Crippen LogP contribution in [0.25, 0.3) is 0 Å². The van der Waals surface area contributed by atoms with Crippen molar-refractivity contribution >= 4 is 23.8 Å². The van der Waals surface area contributed by atoms with Crippen LogP contribution >= 0.6 is 0 Å². The number of nitrogens with zero attached hydrogens (tertiary/aromatic N) is 1. The van der Waals surface area contributed by atoms with Crippen LogP contribution in [0.3, 0.4) is 0 Å². The predicted octanol–water partition coefficient (Wildman–Crippen LogP) is 2.88. The Morgan fingerprint density at radius 1 is 1.20 bits per heavy atom. The Bertz CT molecular complexity index is 1010. The van der Waals surface area contributed by atoms with Gasteiger partial charge in [-0.05, 0) is 36.7 Å². The van der Waals surface area contributed by atoms with Crippen molar-refractivity contribution in [1.82, 2.24) is 15.5 Å². The Balaban J connectivity index is 1.51. The molecule has 1 aromatic rings. The van der Waals surface area contributed by atoms with Gasteiger partial charge >= 0.3 is 18.4 Å². The van der Waals surface area contributed by atoms with Crippen LogP contribution < -0.4 is 15.4 Å². The average molecular weight is 499 g/mol. The summed E-state index contributed by atoms with van der Waals surface area (Å²) in [6, 6.07) is 4.58. The van der Waals surface area contributed by atoms with E-state index in [1.807, 2.05) is 20.8 Å². The molecule has 4 amide bonds. The molecule has 3 rings (SSSR count). The van der Waals surface area contributed by atoms with E-state index < -0.39 is 54.6 Å². The van der Waals surface area contributed by atoms with Crippen LogP contribution in [0, 0.1) is 11.3 Å². The number of halogens is 3. The topological polar surface area (TPSA) is 114 Å². The molecule has 1 aliphatic heterocycles. The Hall–Kier alpha value is -3.31. The molecule has 1 aliphatic carbocycles. The maximum atomic E-state index is 13.1. The number of alkyl halides is 3. The van der Waals surface area contributed by atoms with Crippen molar-refractivity contribution in [1.29, 1.82) is 0 Å². The summed E-state index contributed by atoms with van der Waals surface area (Å²) < 4.78 is 46.3. The lowest BCUT2D eigenvalue weighted by Crippen LogP contribution is -2.54. The zero-order valence-electron chi connectivity index (χ0n) is 19.7. The molecule has 0 bridgehead atoms. The number of para-hydroxylation sites is 1. The van der Waals surface area contributed by atoms with Crippen LogP contribution in [0.15, 0.2) is 24.3 Å². The molecule has 2 N–H and O–H groups in total. The molecule has 0 aromatic heterocycles. The standard InChI is InChI=1S/C23H28F3N3O6/c1-14-8-21(2,3)13-22(9-14)19(32)29(20(33)28-22)11-18(31)34-12-17(30)27-10-15-6-4-5-7-16(15)35-23(24,25)26/h4-7,14H,8-13H2,1-3H3,(H,27,30)(H,28,33). The van der Waals surface area contributed by atoms with Crippen LogP contribution in [-0.2, 0) is 25.7 Å². The van der Waals surface area contributed by atoms with Crippen LogP contribution in [0.5, 0.6) is 5.75 Å². The molecule has 2 atom stereocenters. The molecule has 1 spiro atoms. The number of benzene rings is 1. The van der Waals surface area contributed by atoms with Gasteiger partial charge in [-0.15, -0.1) is 13.2 Å². The van der Waals surface area contributed by atoms with Gasteiger partial charge in [-0.1, -0.05) is 39.0 Å². The number of amides is 4. The Morgan fingerprint density at radius 2 is 1.89 bits per heavy atom. The molecule has 35 heavy (non-hydrogen) atoms. The monoisotopic (exact) mass is 499 g/mol. The van der Waals surface area contributed by atoms with Crippen LogP contribution in [0.4, 0.5) is 18.0 Å². The largest absolute Gasteiger partial charge is 0.573 e. The van der Waals surface area contributed by atoms with Gasteiger partial charge in [0.2, 0.25) is 0 Å². The minimum absolute atomic E-state index is 0.0683. The molecule has 0 radical (unpaired) electrons. The fourth-order valence-electron chi connectivity index (χ4n) is 5.09. The maximum absolute atomic E-state index is 13.1. The van der Waals surface area contributed by atoms with Gasteiger partial charge in [0, 0.05) is 12.1 Å². The van der Waals surface area contributed by atoms with Crippen molar-refractivity contribution in [3.05, 3.63) is 29.8 Å². The number of carbonyl (C=O) groups excluding carboxylic acids is 4. The molecule has 9 nitrogen and oxygen atoms in total. The van der Waals surface area contributed by atoms with Gasteiger partial charge in [0.25, 0.3) is 11.8 Å². The molecule has 192 valence electrons. The van der Waals surface area contributed by atoms with E-state index in [4.69, 9.17) is 4.74 Å². The first kappa shape index (κ1) is 26.3. The van der Waals surface area contributed by atoms with Gasteiger partial charge in [-0.25, -0.2) is 4.79 Å². The number of hydrogen-bond acceptors (Lipinski definition) is 6. The fraction of sp³-hybridized carbons (Fsp3) is 0.565. The molecule has 1 heterocycles. The van der Waals surface area contributed by atoms with Crippen LogP contribution in [0.1, 0.15) is 45.6 Å². The molecule has 1 aromatic carbocycles. The summed E-state index contributed by atoms with van der Waals surface area (Å²) in [5.74, 6) is -2.51. The smallest absolute Gasteiger partial charge is 0.454 e. The summed E-state index contributed by atoms with van der Waals surface area (Å²) in [6.07, 6.45) is -3.07. The Labute approximate surface area is 200 Å². The summed E-state index contributed by atoms with van der Waals surface area (Å²) in [7, 11) is 0. The number of urea groups is 1. The minimum Gasteiger partial charge on any atom is -0.454 e. The zero-order valence-corrected chi connectivity index (χ0v) is 19.7. The molecular formula is C23H28F3N3O6. The third-order valence-electron chi connectivity index (χ3n) is 5.95. The second-order valence-corrected chi connectivity index (χ2v) is 9.85. The first-order chi connectivity index (χ1) is 16.2. The number of rotatable bonds is 7. The summed E-state index contributed by atoms with van der Waals surface area (Å²) in [4.78, 5) is 50.5. The summed E-state index contributed by atoms with van der Waals surface area (Å²) >= 11 is 0. The van der Waals surface area contributed by atoms with Crippen molar-refractivity contribution in [2.45, 2.75) is 58.5 Å². The number of imide groups is 1. The highest BCUT2D eigenvalue weighted by Crippen LogP contribution is 2.46. The minimum atomic E-state index is -4.89. The van der Waals surface area contributed by atoms with Crippen molar-refractivity contribution < 1.29 is 41.8 Å². The molecule has 12 heteroatoms. The summed E-state index contributed by atoms with van der Waals surface area (Å²) in [6.45, 7) is 4.36. The van der Waals surface area contributed by atoms with Gasteiger partial charge in [0.05, 0.1) is 0 Å². The summed E-state index contributed by atoms with van der Waals surface area (Å²) in [5.41, 5.74) is -1.17. The first-order valence-electron chi connectivity index (χ1n) is 11.1. The van der Waals surface area contributed by atoms with Gasteiger partial charge < -0.3 is 20.1 Å². The van der Waals surface area contributed by atoms with Gasteiger partial charge in [-0.2, -0.15) is 0 Å². The van der Waals surface area contributed by atoms with Gasteiger partial charge in [0.1, 0.15) is 17.8 Å². The number of esters is 1. The van der Waals surface area contributed by atoms with E-state index in [0.29, 0.717) is 12.8 Å². The van der Waals surface area contributed by atoms with Crippen LogP contribution in [0.2, 0.25) is 0 Å². The lowest BCUT2D eigenvalue weighted by atomic mass is 9.64. The highest BCUT2D eigenvalue weighted by atomic mass is 19.4. The summed E-state index contributed by atoms with van der Waals surface area (Å²) in [5, 5.41) is 5.07. The number of hydrogen-bond donors (Lipinski definition) is 2. The molecule has 2 unspecified atom stereocenters. The van der Waals surface area contributed by atoms with E-state index >= 15 is 0 Å². The van der Waals surface area contributed by atoms with Crippen molar-refractivity contribution in [3.8, 4) is 5.75 Å². The van der Waals surface area contributed by atoms with Crippen LogP contribution in [-0.4, -0.2) is 53.8 Å². The maximum Gasteiger partial charge on any atom is 0.573 e. The number of carbonyl (C=O) groups is 4. The Kier molecular flexibility index (Phi) is 7.32. The molecule has 2 fully saturated rings. The van der Waals surface area contributed by atoms with Crippen molar-refractivity contribution in [2.75, 3.05) is 13.2 Å². The molecule has 2 aliphatic rings. The fourth-order valence-corrected chi connectivity index (χ4v) is 5.09. The second kappa shape index (κ2) is 9.74. The van der Waals surface area contributed by atoms with E-state index in [2.05, 4.69) is 15.4 Å². The zero-order chi connectivity index (χ0) is 26.0. The highest BCUT2D eigenvalue weighted by molar-refractivity contribution is 6.08. The van der Waals surface area contributed by atoms with E-state index in [9.17, 15) is 32.3 Å². The quantitative estimate of drug-likeness (QED) is 0.441. The highest BCUT2D eigenvalue weighted by Gasteiger charge is 2.56. The molecule has 1 saturated carbocycles. The van der Waals surface area contributed by atoms with Crippen molar-refractivity contribution in [2.24, 2.45) is 11.3 Å². The van der Waals surface area contributed by atoms with Crippen molar-refractivity contribution in [3.63, 3.8) is 0 Å². The van der Waals surface area contributed by atoms with E-state index in [1.54, 1.807) is 0 Å². The second-order valence-electron chi connectivity index (χ2n) is 9.85. The normalized spacial score (nSPS) is 23.7. The number of ether oxygens (including phenoxy) is 2. The van der Waals surface area contributed by atoms with Gasteiger partial charge in [-0.3, -0.25) is 19.3 Å². The molecular weight excluding hydrogens is 471 g/mol. The van der Waals surface area contributed by atoms with E-state index in [1.165, 1.54) is 18.2 Å². The SMILES string of the molecule is CC1CC(C)(C)CC2(C1)NC(=O)N(CC(=O)OCC(=O)NCc1ccccc1OC(F)(F)F)C2=O. The number of nitrogens with one attached hydrogen (secondary N) is 2. The van der Waals surface area contributed by atoms with E-state index in [-0.39, 0.29) is 23.4 Å². The third-order valence-corrected chi connectivity index (χ3v) is 5.95. The lowest BCUT2D eigenvalue weighted by Gasteiger charge is -2.43. The Morgan fingerprint density at radius 3 is 2.54 bits per heavy atom. The predicted molar refractivity (Wildman–Crippen MR) is 116 cm³/mol. The van der Waals surface area contributed by atoms with Gasteiger partial charge in [0.15, 0.2) is 6.61 Å². The molecule has 1 saturated heterocycles. The third kappa shape index (κ3) is 6.64. The average Bonchev–Trinajstić information content (AvgIpc) is 2.92. The lowest BCUT2D eigenvalue weighted by molar-refractivity contribution is -0.274.